The van der Waals surface area contributed by atoms with Gasteiger partial charge in [0.05, 0.1) is 18.1 Å². The number of aryl methyl sites for hydroxylation is 1. The molecule has 0 spiro atoms. The summed E-state index contributed by atoms with van der Waals surface area (Å²) in [5.74, 6) is -1.19. The van der Waals surface area contributed by atoms with Crippen LogP contribution in [-0.2, 0) is 20.9 Å². The number of halogens is 3. The van der Waals surface area contributed by atoms with Gasteiger partial charge in [-0.1, -0.05) is 13.0 Å². The molecule has 6 rings (SSSR count). The van der Waals surface area contributed by atoms with Crippen molar-refractivity contribution in [1.29, 1.82) is 0 Å². The fourth-order valence-corrected chi connectivity index (χ4v) is 9.30. The molecule has 2 heterocycles. The van der Waals surface area contributed by atoms with Gasteiger partial charge in [0.25, 0.3) is 0 Å². The van der Waals surface area contributed by atoms with Gasteiger partial charge in [-0.25, -0.2) is 13.2 Å². The number of ketones is 1. The minimum atomic E-state index is -2.22. The van der Waals surface area contributed by atoms with Gasteiger partial charge in [-0.2, -0.15) is 0 Å². The fourth-order valence-electron chi connectivity index (χ4n) is 9.30. The Balaban J connectivity index is 1.41. The molecular weight excluding hydrogens is 499 g/mol. The normalized spacial score (nSPS) is 45.7. The molecule has 1 aliphatic heterocycles. The zero-order chi connectivity index (χ0) is 27.3. The number of hydrogen-bond acceptors (Lipinski definition) is 6. The molecule has 0 bridgehead atoms. The molecule has 206 valence electrons. The Kier molecular flexibility index (Phi) is 5.65. The first-order valence-electron chi connectivity index (χ1n) is 13.4. The maximum atomic E-state index is 17.4. The second-order valence-corrected chi connectivity index (χ2v) is 12.5. The molecule has 4 aliphatic carbocycles. The molecule has 38 heavy (non-hydrogen) atoms. The molecule has 5 aliphatic rings. The van der Waals surface area contributed by atoms with Crippen LogP contribution in [0.15, 0.2) is 40.4 Å². The van der Waals surface area contributed by atoms with Crippen molar-refractivity contribution < 1.29 is 37.0 Å². The first-order valence-corrected chi connectivity index (χ1v) is 13.4. The molecule has 1 saturated heterocycles. The Bertz CT molecular complexity index is 1240. The van der Waals surface area contributed by atoms with Crippen LogP contribution >= 0.6 is 0 Å². The van der Waals surface area contributed by atoms with Crippen LogP contribution in [0, 0.1) is 40.9 Å². The summed E-state index contributed by atoms with van der Waals surface area (Å²) in [5, 5.41) is 11.6. The number of carbonyl (C=O) groups is 2. The second kappa shape index (κ2) is 8.31. The lowest BCUT2D eigenvalue weighted by Crippen LogP contribution is -2.69. The van der Waals surface area contributed by atoms with Gasteiger partial charge >= 0.3 is 5.97 Å². The van der Waals surface area contributed by atoms with Crippen molar-refractivity contribution in [3.63, 3.8) is 0 Å². The number of rotatable bonds is 4. The van der Waals surface area contributed by atoms with Crippen molar-refractivity contribution in [3.8, 4) is 0 Å². The van der Waals surface area contributed by atoms with Crippen molar-refractivity contribution in [3.05, 3.63) is 47.5 Å². The van der Waals surface area contributed by atoms with Gasteiger partial charge in [0.2, 0.25) is 6.86 Å². The van der Waals surface area contributed by atoms with Gasteiger partial charge in [0, 0.05) is 24.4 Å². The summed E-state index contributed by atoms with van der Waals surface area (Å²) in [6, 6.07) is 3.74. The van der Waals surface area contributed by atoms with E-state index < -0.39 is 64.6 Å². The zero-order valence-electron chi connectivity index (χ0n) is 21.9. The minimum Gasteiger partial charge on any atom is -0.465 e. The average Bonchev–Trinajstić information content (AvgIpc) is 3.50. The van der Waals surface area contributed by atoms with Crippen LogP contribution in [0.3, 0.4) is 0 Å². The molecule has 1 aromatic rings. The molecule has 3 saturated carbocycles. The Labute approximate surface area is 219 Å². The molecule has 0 aromatic carbocycles. The van der Waals surface area contributed by atoms with Crippen molar-refractivity contribution in [2.45, 2.75) is 64.5 Å². The standard InChI is InChI=1S/C29H34F3NO5/c1-16-4-5-19(38-16)13-33-12-17-8-20-21-10-23(31)22-9-18(34)6-7-26(22,2)29(21,32)24(35)11-27(20,3)28(17,14-33)25(36)37-15-30/h4-7,9,17,20-21,23-24,35H,8,10-15H2,1-3H3/t17-,20-,21-,23-,24-,26-,27-,28+,29-/m0/s1. The number of hydrogen-bond donors (Lipinski definition) is 1. The highest BCUT2D eigenvalue weighted by atomic mass is 19.1. The minimum absolute atomic E-state index is 0.0577. The second-order valence-electron chi connectivity index (χ2n) is 12.5. The zero-order valence-corrected chi connectivity index (χ0v) is 21.9. The van der Waals surface area contributed by atoms with Gasteiger partial charge in [0.15, 0.2) is 11.5 Å². The molecule has 9 heteroatoms. The molecule has 0 unspecified atom stereocenters. The predicted molar refractivity (Wildman–Crippen MR) is 131 cm³/mol. The third-order valence-electron chi connectivity index (χ3n) is 11.0. The Hall–Kier alpha value is -2.39. The highest BCUT2D eigenvalue weighted by molar-refractivity contribution is 6.01. The van der Waals surface area contributed by atoms with Crippen LogP contribution in [0.1, 0.15) is 44.6 Å². The maximum absolute atomic E-state index is 17.4. The van der Waals surface area contributed by atoms with Crippen LogP contribution < -0.4 is 0 Å². The third kappa shape index (κ3) is 3.09. The summed E-state index contributed by atoms with van der Waals surface area (Å²) in [6.07, 6.45) is 0.932. The summed E-state index contributed by atoms with van der Waals surface area (Å²) in [5.41, 5.74) is -5.79. The summed E-state index contributed by atoms with van der Waals surface area (Å²) in [6.45, 7) is 5.18. The van der Waals surface area contributed by atoms with Gasteiger partial charge in [-0.05, 0) is 80.2 Å². The molecular formula is C29H34F3NO5. The molecule has 6 nitrogen and oxygen atoms in total. The molecule has 4 fully saturated rings. The molecule has 0 amide bonds. The van der Waals surface area contributed by atoms with E-state index in [4.69, 9.17) is 9.15 Å². The van der Waals surface area contributed by atoms with Crippen LogP contribution in [0.4, 0.5) is 13.2 Å². The fraction of sp³-hybridized carbons (Fsp3) is 0.655. The van der Waals surface area contributed by atoms with Gasteiger partial charge in [-0.15, -0.1) is 0 Å². The topological polar surface area (TPSA) is 80.0 Å². The molecule has 0 radical (unpaired) electrons. The van der Waals surface area contributed by atoms with E-state index in [9.17, 15) is 19.1 Å². The van der Waals surface area contributed by atoms with Crippen LogP contribution in [0.5, 0.6) is 0 Å². The number of likely N-dealkylation sites (tertiary alicyclic amines) is 1. The number of aliphatic hydroxyl groups is 1. The highest BCUT2D eigenvalue weighted by Gasteiger charge is 2.78. The quantitative estimate of drug-likeness (QED) is 0.578. The number of ether oxygens (including phenoxy) is 1. The summed E-state index contributed by atoms with van der Waals surface area (Å²) in [4.78, 5) is 27.8. The van der Waals surface area contributed by atoms with Crippen molar-refractivity contribution >= 4 is 11.8 Å². The summed E-state index contributed by atoms with van der Waals surface area (Å²) >= 11 is 0. The largest absolute Gasteiger partial charge is 0.465 e. The number of allylic oxidation sites excluding steroid dienone is 4. The van der Waals surface area contributed by atoms with Crippen LogP contribution in [0.2, 0.25) is 0 Å². The van der Waals surface area contributed by atoms with E-state index in [0.29, 0.717) is 19.5 Å². The van der Waals surface area contributed by atoms with E-state index >= 15 is 8.78 Å². The summed E-state index contributed by atoms with van der Waals surface area (Å²) < 4.78 is 57.3. The number of aliphatic hydroxyl groups excluding tert-OH is 1. The monoisotopic (exact) mass is 533 g/mol. The SMILES string of the molecule is Cc1ccc(CN2C[C@@H]3C[C@H]4[C@@H]5C[C@H](F)C6=CC(=O)C=C[C@]6(C)[C@@]5(F)[C@@H](O)C[C@]4(C)[C@]3(C(=O)OCF)C2)o1. The number of esters is 1. The van der Waals surface area contributed by atoms with Crippen molar-refractivity contribution in [2.24, 2.45) is 34.0 Å². The van der Waals surface area contributed by atoms with Crippen LogP contribution in [0.25, 0.3) is 0 Å². The van der Waals surface area contributed by atoms with Crippen molar-refractivity contribution in [1.82, 2.24) is 4.90 Å². The van der Waals surface area contributed by atoms with E-state index in [1.54, 1.807) is 6.92 Å². The highest BCUT2D eigenvalue weighted by Crippen LogP contribution is 2.74. The number of furan rings is 1. The summed E-state index contributed by atoms with van der Waals surface area (Å²) in [7, 11) is 0. The average molecular weight is 534 g/mol. The lowest BCUT2D eigenvalue weighted by Gasteiger charge is -2.63. The van der Waals surface area contributed by atoms with Crippen LogP contribution in [-0.4, -0.2) is 59.7 Å². The first-order chi connectivity index (χ1) is 17.9. The number of carbonyl (C=O) groups excluding carboxylic acids is 2. The molecule has 1 aromatic heterocycles. The number of nitrogens with zero attached hydrogens (tertiary/aromatic N) is 1. The Morgan fingerprint density at radius 3 is 2.71 bits per heavy atom. The van der Waals surface area contributed by atoms with E-state index in [1.165, 1.54) is 18.2 Å². The van der Waals surface area contributed by atoms with E-state index in [-0.39, 0.29) is 30.9 Å². The Morgan fingerprint density at radius 2 is 2.03 bits per heavy atom. The van der Waals surface area contributed by atoms with Gasteiger partial charge in [0.1, 0.15) is 17.7 Å². The number of alkyl halides is 3. The smallest absolute Gasteiger partial charge is 0.316 e. The van der Waals surface area contributed by atoms with E-state index in [2.05, 4.69) is 4.90 Å². The molecule has 9 atom stereocenters. The third-order valence-corrected chi connectivity index (χ3v) is 11.0. The lowest BCUT2D eigenvalue weighted by molar-refractivity contribution is -0.218. The van der Waals surface area contributed by atoms with E-state index in [1.807, 2.05) is 26.0 Å². The first kappa shape index (κ1) is 25.9. The van der Waals surface area contributed by atoms with E-state index in [0.717, 1.165) is 11.5 Å². The number of fused-ring (bicyclic) bond motifs is 7. The predicted octanol–water partition coefficient (Wildman–Crippen LogP) is 4.41. The molecule has 1 N–H and O–H groups in total. The Morgan fingerprint density at radius 1 is 1.26 bits per heavy atom. The lowest BCUT2D eigenvalue weighted by atomic mass is 9.43. The van der Waals surface area contributed by atoms with Gasteiger partial charge < -0.3 is 14.3 Å². The van der Waals surface area contributed by atoms with Crippen molar-refractivity contribution in [2.75, 3.05) is 20.0 Å². The van der Waals surface area contributed by atoms with Gasteiger partial charge in [-0.3, -0.25) is 14.5 Å². The maximum Gasteiger partial charge on any atom is 0.316 e.